The SMILES string of the molecule is CCc1cc(C(C)C)n(-c2ccc(-c3ccc(C(=O)O)cc3)[nH]2)n1. The molecule has 3 rings (SSSR count). The fourth-order valence-electron chi connectivity index (χ4n) is 2.69. The standard InChI is InChI=1S/C19H21N3O2/c1-4-15-11-17(12(2)3)22(21-15)18-10-9-16(20-18)13-5-7-14(8-6-13)19(23)24/h5-12,20H,4H2,1-3H3,(H,23,24). The molecule has 2 aromatic heterocycles. The molecule has 0 unspecified atom stereocenters. The highest BCUT2D eigenvalue weighted by molar-refractivity contribution is 5.88. The van der Waals surface area contributed by atoms with E-state index in [1.54, 1.807) is 12.1 Å². The number of nitrogens with one attached hydrogen (secondary N) is 1. The molecule has 0 aliphatic carbocycles. The van der Waals surface area contributed by atoms with E-state index in [1.807, 2.05) is 28.9 Å². The van der Waals surface area contributed by atoms with Crippen LogP contribution in [-0.2, 0) is 6.42 Å². The zero-order chi connectivity index (χ0) is 17.3. The minimum Gasteiger partial charge on any atom is -0.478 e. The molecule has 1 aromatic carbocycles. The highest BCUT2D eigenvalue weighted by atomic mass is 16.4. The molecule has 0 aliphatic rings. The first-order valence-corrected chi connectivity index (χ1v) is 8.11. The number of carboxylic acids is 1. The van der Waals surface area contributed by atoms with Gasteiger partial charge in [0, 0.05) is 11.4 Å². The van der Waals surface area contributed by atoms with Gasteiger partial charge in [0.2, 0.25) is 0 Å². The van der Waals surface area contributed by atoms with Crippen LogP contribution in [0.4, 0.5) is 0 Å². The summed E-state index contributed by atoms with van der Waals surface area (Å²) in [5.74, 6) is 0.369. The van der Waals surface area contributed by atoms with Gasteiger partial charge in [-0.25, -0.2) is 9.48 Å². The van der Waals surface area contributed by atoms with Gasteiger partial charge in [0.15, 0.2) is 0 Å². The molecule has 24 heavy (non-hydrogen) atoms. The molecule has 0 bridgehead atoms. The quantitative estimate of drug-likeness (QED) is 0.737. The zero-order valence-electron chi connectivity index (χ0n) is 14.1. The normalized spacial score (nSPS) is 11.2. The molecule has 0 radical (unpaired) electrons. The van der Waals surface area contributed by atoms with Crippen molar-refractivity contribution in [2.75, 3.05) is 0 Å². The summed E-state index contributed by atoms with van der Waals surface area (Å²) in [7, 11) is 0. The Morgan fingerprint density at radius 2 is 1.92 bits per heavy atom. The van der Waals surface area contributed by atoms with E-state index in [2.05, 4.69) is 36.9 Å². The van der Waals surface area contributed by atoms with Crippen molar-refractivity contribution >= 4 is 5.97 Å². The summed E-state index contributed by atoms with van der Waals surface area (Å²) in [6, 6.07) is 13.0. The molecule has 0 saturated carbocycles. The number of aromatic nitrogens is 3. The lowest BCUT2D eigenvalue weighted by Crippen LogP contribution is -2.04. The van der Waals surface area contributed by atoms with Gasteiger partial charge in [0.25, 0.3) is 0 Å². The number of rotatable bonds is 5. The second-order valence-electron chi connectivity index (χ2n) is 6.12. The number of hydrogen-bond donors (Lipinski definition) is 2. The van der Waals surface area contributed by atoms with Crippen LogP contribution in [0.2, 0.25) is 0 Å². The fourth-order valence-corrected chi connectivity index (χ4v) is 2.69. The van der Waals surface area contributed by atoms with Crippen LogP contribution in [-0.4, -0.2) is 25.8 Å². The summed E-state index contributed by atoms with van der Waals surface area (Å²) in [6.07, 6.45) is 0.900. The van der Waals surface area contributed by atoms with Crippen molar-refractivity contribution in [2.45, 2.75) is 33.1 Å². The largest absolute Gasteiger partial charge is 0.478 e. The smallest absolute Gasteiger partial charge is 0.335 e. The summed E-state index contributed by atoms with van der Waals surface area (Å²) < 4.78 is 1.96. The Bertz CT molecular complexity index is 857. The first kappa shape index (κ1) is 16.1. The maximum atomic E-state index is 11.0. The summed E-state index contributed by atoms with van der Waals surface area (Å²) in [6.45, 7) is 6.41. The van der Waals surface area contributed by atoms with E-state index in [-0.39, 0.29) is 5.56 Å². The lowest BCUT2D eigenvalue weighted by Gasteiger charge is -2.08. The summed E-state index contributed by atoms with van der Waals surface area (Å²) in [4.78, 5) is 14.3. The number of aromatic carboxylic acids is 1. The van der Waals surface area contributed by atoms with Crippen LogP contribution < -0.4 is 0 Å². The maximum Gasteiger partial charge on any atom is 0.335 e. The zero-order valence-corrected chi connectivity index (χ0v) is 14.1. The highest BCUT2D eigenvalue weighted by Gasteiger charge is 2.14. The molecule has 0 fully saturated rings. The summed E-state index contributed by atoms with van der Waals surface area (Å²) in [5, 5.41) is 13.7. The number of carbonyl (C=O) groups is 1. The van der Waals surface area contributed by atoms with E-state index >= 15 is 0 Å². The van der Waals surface area contributed by atoms with Crippen molar-refractivity contribution in [3.63, 3.8) is 0 Å². The molecular weight excluding hydrogens is 302 g/mol. The van der Waals surface area contributed by atoms with Crippen LogP contribution >= 0.6 is 0 Å². The second-order valence-corrected chi connectivity index (χ2v) is 6.12. The third-order valence-corrected chi connectivity index (χ3v) is 4.08. The Labute approximate surface area is 141 Å². The van der Waals surface area contributed by atoms with E-state index in [1.165, 1.54) is 5.69 Å². The Kier molecular flexibility index (Phi) is 4.25. The van der Waals surface area contributed by atoms with Gasteiger partial charge in [0.05, 0.1) is 11.3 Å². The molecule has 0 amide bonds. The van der Waals surface area contributed by atoms with Crippen LogP contribution in [0.25, 0.3) is 17.1 Å². The highest BCUT2D eigenvalue weighted by Crippen LogP contribution is 2.24. The minimum atomic E-state index is -0.918. The van der Waals surface area contributed by atoms with Gasteiger partial charge >= 0.3 is 5.97 Å². The molecule has 5 heteroatoms. The Morgan fingerprint density at radius 1 is 1.21 bits per heavy atom. The average Bonchev–Trinajstić information content (AvgIpc) is 3.21. The Hall–Kier alpha value is -2.82. The molecule has 124 valence electrons. The van der Waals surface area contributed by atoms with Gasteiger partial charge in [-0.2, -0.15) is 5.10 Å². The van der Waals surface area contributed by atoms with Gasteiger partial charge in [-0.1, -0.05) is 32.9 Å². The first-order chi connectivity index (χ1) is 11.5. The third-order valence-electron chi connectivity index (χ3n) is 4.08. The predicted molar refractivity (Wildman–Crippen MR) is 93.8 cm³/mol. The maximum absolute atomic E-state index is 11.0. The van der Waals surface area contributed by atoms with Crippen molar-refractivity contribution in [2.24, 2.45) is 0 Å². The van der Waals surface area contributed by atoms with Crippen LogP contribution in [0.15, 0.2) is 42.5 Å². The number of benzene rings is 1. The Morgan fingerprint density at radius 3 is 2.50 bits per heavy atom. The van der Waals surface area contributed by atoms with E-state index in [0.717, 1.165) is 29.2 Å². The monoisotopic (exact) mass is 323 g/mol. The fraction of sp³-hybridized carbons (Fsp3) is 0.263. The van der Waals surface area contributed by atoms with E-state index < -0.39 is 5.97 Å². The van der Waals surface area contributed by atoms with Gasteiger partial charge < -0.3 is 10.1 Å². The molecule has 0 spiro atoms. The number of H-pyrrole nitrogens is 1. The topological polar surface area (TPSA) is 70.9 Å². The molecule has 0 atom stereocenters. The molecule has 0 aliphatic heterocycles. The van der Waals surface area contributed by atoms with E-state index in [4.69, 9.17) is 5.11 Å². The van der Waals surface area contributed by atoms with Crippen LogP contribution in [0.1, 0.15) is 48.4 Å². The Balaban J connectivity index is 1.96. The number of carboxylic acid groups (broad SMARTS) is 1. The number of aromatic amines is 1. The van der Waals surface area contributed by atoms with Gasteiger partial charge in [-0.15, -0.1) is 0 Å². The molecule has 0 saturated heterocycles. The van der Waals surface area contributed by atoms with Crippen LogP contribution in [0.3, 0.4) is 0 Å². The average molecular weight is 323 g/mol. The van der Waals surface area contributed by atoms with Gasteiger partial charge in [-0.3, -0.25) is 0 Å². The van der Waals surface area contributed by atoms with Crippen molar-refractivity contribution in [1.82, 2.24) is 14.8 Å². The van der Waals surface area contributed by atoms with Crippen LogP contribution in [0, 0.1) is 0 Å². The van der Waals surface area contributed by atoms with Gasteiger partial charge in [-0.05, 0) is 48.2 Å². The van der Waals surface area contributed by atoms with E-state index in [0.29, 0.717) is 5.92 Å². The molecular formula is C19H21N3O2. The summed E-state index contributed by atoms with van der Waals surface area (Å²) >= 11 is 0. The van der Waals surface area contributed by atoms with Gasteiger partial charge in [0.1, 0.15) is 5.82 Å². The van der Waals surface area contributed by atoms with Crippen LogP contribution in [0.5, 0.6) is 0 Å². The molecule has 2 N–H and O–H groups in total. The lowest BCUT2D eigenvalue weighted by atomic mass is 10.1. The van der Waals surface area contributed by atoms with E-state index in [9.17, 15) is 4.79 Å². The number of hydrogen-bond acceptors (Lipinski definition) is 2. The molecule has 5 nitrogen and oxygen atoms in total. The number of nitrogens with zero attached hydrogens (tertiary/aromatic N) is 2. The lowest BCUT2D eigenvalue weighted by molar-refractivity contribution is 0.0697. The molecule has 3 aromatic rings. The number of aryl methyl sites for hydroxylation is 1. The van der Waals surface area contributed by atoms with Crippen molar-refractivity contribution in [1.29, 1.82) is 0 Å². The minimum absolute atomic E-state index is 0.285. The molecule has 2 heterocycles. The first-order valence-electron chi connectivity index (χ1n) is 8.11. The second kappa shape index (κ2) is 6.35. The van der Waals surface area contributed by atoms with Crippen molar-refractivity contribution < 1.29 is 9.90 Å². The van der Waals surface area contributed by atoms with Crippen molar-refractivity contribution in [3.05, 3.63) is 59.4 Å². The third kappa shape index (κ3) is 2.97. The van der Waals surface area contributed by atoms with Crippen molar-refractivity contribution in [3.8, 4) is 17.1 Å². The summed E-state index contributed by atoms with van der Waals surface area (Å²) in [5.41, 5.74) is 4.40. The predicted octanol–water partition coefficient (Wildman–Crippen LogP) is 4.25.